The Balaban J connectivity index is 2.01. The first-order valence-electron chi connectivity index (χ1n) is 9.93. The molecule has 158 valence electrons. The third kappa shape index (κ3) is 8.39. The molecule has 0 aromatic carbocycles. The third-order valence-electron chi connectivity index (χ3n) is 3.91. The van der Waals surface area contributed by atoms with Crippen LogP contribution in [-0.4, -0.2) is 21.9 Å². The van der Waals surface area contributed by atoms with Crippen LogP contribution in [-0.2, 0) is 32.3 Å². The van der Waals surface area contributed by atoms with Crippen molar-refractivity contribution < 1.29 is 19.1 Å². The molecule has 0 bridgehead atoms. The summed E-state index contributed by atoms with van der Waals surface area (Å²) in [6, 6.07) is 7.22. The summed E-state index contributed by atoms with van der Waals surface area (Å²) in [4.78, 5) is 32.2. The topological polar surface area (TPSA) is 78.4 Å². The maximum absolute atomic E-state index is 11.7. The van der Waals surface area contributed by atoms with E-state index in [-0.39, 0.29) is 37.0 Å². The van der Waals surface area contributed by atoms with Crippen LogP contribution >= 0.6 is 0 Å². The van der Waals surface area contributed by atoms with Crippen molar-refractivity contribution in [2.24, 2.45) is 11.8 Å². The summed E-state index contributed by atoms with van der Waals surface area (Å²) in [5, 5.41) is 0. The van der Waals surface area contributed by atoms with Gasteiger partial charge in [-0.15, -0.1) is 0 Å². The van der Waals surface area contributed by atoms with Crippen LogP contribution < -0.4 is 0 Å². The SMILES string of the molecule is CC(C)/C=C/C(=O)OCc1ccnc(-c2cc(COC(=O)/C=C/C(C)C)ccn2)c1. The Labute approximate surface area is 177 Å². The number of carbonyl (C=O) groups is 2. The molecular weight excluding hydrogens is 380 g/mol. The number of ether oxygens (including phenoxy) is 2. The van der Waals surface area contributed by atoms with Gasteiger partial charge in [-0.25, -0.2) is 9.59 Å². The van der Waals surface area contributed by atoms with Gasteiger partial charge in [0.25, 0.3) is 0 Å². The zero-order valence-corrected chi connectivity index (χ0v) is 17.9. The average Bonchev–Trinajstić information content (AvgIpc) is 2.73. The summed E-state index contributed by atoms with van der Waals surface area (Å²) < 4.78 is 10.5. The molecule has 0 unspecified atom stereocenters. The molecule has 6 nitrogen and oxygen atoms in total. The highest BCUT2D eigenvalue weighted by Crippen LogP contribution is 2.18. The van der Waals surface area contributed by atoms with Crippen molar-refractivity contribution in [3.63, 3.8) is 0 Å². The van der Waals surface area contributed by atoms with Gasteiger partial charge in [0.15, 0.2) is 0 Å². The molecule has 2 heterocycles. The predicted octanol–water partition coefficient (Wildman–Crippen LogP) is 4.65. The van der Waals surface area contributed by atoms with Gasteiger partial charge in [0.2, 0.25) is 0 Å². The summed E-state index contributed by atoms with van der Waals surface area (Å²) >= 11 is 0. The molecule has 0 N–H and O–H groups in total. The lowest BCUT2D eigenvalue weighted by Crippen LogP contribution is -2.03. The second kappa shape index (κ2) is 11.7. The number of hydrogen-bond acceptors (Lipinski definition) is 6. The van der Waals surface area contributed by atoms with E-state index in [4.69, 9.17) is 9.47 Å². The minimum Gasteiger partial charge on any atom is -0.458 e. The largest absolute Gasteiger partial charge is 0.458 e. The highest BCUT2D eigenvalue weighted by atomic mass is 16.5. The zero-order chi connectivity index (χ0) is 21.9. The van der Waals surface area contributed by atoms with Gasteiger partial charge in [0.05, 0.1) is 11.4 Å². The van der Waals surface area contributed by atoms with Gasteiger partial charge in [-0.1, -0.05) is 39.8 Å². The van der Waals surface area contributed by atoms with Crippen molar-refractivity contribution in [2.45, 2.75) is 40.9 Å². The Morgan fingerprint density at radius 3 is 1.57 bits per heavy atom. The molecule has 0 saturated carbocycles. The van der Waals surface area contributed by atoms with Gasteiger partial charge in [-0.05, 0) is 47.2 Å². The molecule has 0 atom stereocenters. The summed E-state index contributed by atoms with van der Waals surface area (Å²) in [5.41, 5.74) is 2.91. The summed E-state index contributed by atoms with van der Waals surface area (Å²) in [6.07, 6.45) is 9.76. The highest BCUT2D eigenvalue weighted by molar-refractivity contribution is 5.82. The van der Waals surface area contributed by atoms with E-state index < -0.39 is 0 Å². The van der Waals surface area contributed by atoms with Crippen LogP contribution in [0.25, 0.3) is 11.4 Å². The number of rotatable bonds is 9. The van der Waals surface area contributed by atoms with Crippen LogP contribution in [0, 0.1) is 11.8 Å². The maximum atomic E-state index is 11.7. The van der Waals surface area contributed by atoms with Gasteiger partial charge < -0.3 is 9.47 Å². The molecule has 0 aliphatic carbocycles. The lowest BCUT2D eigenvalue weighted by atomic mass is 10.1. The molecule has 6 heteroatoms. The lowest BCUT2D eigenvalue weighted by Gasteiger charge is -2.07. The number of carbonyl (C=O) groups excluding carboxylic acids is 2. The molecule has 0 aliphatic heterocycles. The van der Waals surface area contributed by atoms with Crippen molar-refractivity contribution in [1.29, 1.82) is 0 Å². The van der Waals surface area contributed by atoms with E-state index in [1.165, 1.54) is 12.2 Å². The molecule has 0 radical (unpaired) electrons. The number of pyridine rings is 2. The van der Waals surface area contributed by atoms with Crippen molar-refractivity contribution in [3.05, 3.63) is 72.1 Å². The van der Waals surface area contributed by atoms with Crippen LogP contribution in [0.5, 0.6) is 0 Å². The van der Waals surface area contributed by atoms with Crippen LogP contribution in [0.3, 0.4) is 0 Å². The standard InChI is InChI=1S/C24H28N2O4/c1-17(2)5-7-23(27)29-15-19-9-11-25-21(13-19)22-14-20(10-12-26-22)16-30-24(28)8-6-18(3)4/h5-14,17-18H,15-16H2,1-4H3/b7-5+,8-6+. The Kier molecular flexibility index (Phi) is 8.94. The summed E-state index contributed by atoms with van der Waals surface area (Å²) in [6.45, 7) is 8.26. The molecule has 0 fully saturated rings. The Bertz CT molecular complexity index is 841. The molecule has 2 aromatic rings. The van der Waals surface area contributed by atoms with E-state index in [0.29, 0.717) is 11.4 Å². The van der Waals surface area contributed by atoms with E-state index in [1.807, 2.05) is 39.8 Å². The predicted molar refractivity (Wildman–Crippen MR) is 115 cm³/mol. The fraction of sp³-hybridized carbons (Fsp3) is 0.333. The smallest absolute Gasteiger partial charge is 0.330 e. The quantitative estimate of drug-likeness (QED) is 0.444. The van der Waals surface area contributed by atoms with Crippen LogP contribution in [0.15, 0.2) is 61.0 Å². The van der Waals surface area contributed by atoms with Gasteiger partial charge in [0.1, 0.15) is 13.2 Å². The first-order chi connectivity index (χ1) is 14.3. The second-order valence-electron chi connectivity index (χ2n) is 7.52. The van der Waals surface area contributed by atoms with Crippen molar-refractivity contribution >= 4 is 11.9 Å². The van der Waals surface area contributed by atoms with Crippen LogP contribution in [0.2, 0.25) is 0 Å². The normalized spacial score (nSPS) is 11.5. The molecule has 0 spiro atoms. The molecule has 30 heavy (non-hydrogen) atoms. The summed E-state index contributed by atoms with van der Waals surface area (Å²) in [5.74, 6) is -0.186. The van der Waals surface area contributed by atoms with E-state index in [0.717, 1.165) is 11.1 Å². The van der Waals surface area contributed by atoms with Gasteiger partial charge in [-0.2, -0.15) is 0 Å². The van der Waals surface area contributed by atoms with Crippen LogP contribution in [0.4, 0.5) is 0 Å². The minimum absolute atomic E-state index is 0.149. The number of esters is 2. The molecular formula is C24H28N2O4. The van der Waals surface area contributed by atoms with E-state index in [1.54, 1.807) is 36.7 Å². The van der Waals surface area contributed by atoms with Crippen molar-refractivity contribution in [3.8, 4) is 11.4 Å². The van der Waals surface area contributed by atoms with Crippen molar-refractivity contribution in [1.82, 2.24) is 9.97 Å². The Morgan fingerprint density at radius 2 is 1.20 bits per heavy atom. The number of allylic oxidation sites excluding steroid dienone is 2. The molecule has 0 amide bonds. The average molecular weight is 408 g/mol. The van der Waals surface area contributed by atoms with Gasteiger partial charge in [0, 0.05) is 24.5 Å². The van der Waals surface area contributed by atoms with Gasteiger partial charge >= 0.3 is 11.9 Å². The second-order valence-corrected chi connectivity index (χ2v) is 7.52. The highest BCUT2D eigenvalue weighted by Gasteiger charge is 2.07. The van der Waals surface area contributed by atoms with E-state index in [2.05, 4.69) is 9.97 Å². The number of hydrogen-bond donors (Lipinski definition) is 0. The first kappa shape index (κ1) is 23.0. The monoisotopic (exact) mass is 408 g/mol. The lowest BCUT2D eigenvalue weighted by molar-refractivity contribution is -0.139. The molecule has 0 aliphatic rings. The Morgan fingerprint density at radius 1 is 0.800 bits per heavy atom. The molecule has 2 aromatic heterocycles. The van der Waals surface area contributed by atoms with Crippen LogP contribution in [0.1, 0.15) is 38.8 Å². The molecule has 2 rings (SSSR count). The fourth-order valence-corrected chi connectivity index (χ4v) is 2.36. The fourth-order valence-electron chi connectivity index (χ4n) is 2.36. The summed E-state index contributed by atoms with van der Waals surface area (Å²) in [7, 11) is 0. The number of aromatic nitrogens is 2. The minimum atomic E-state index is -0.379. The first-order valence-corrected chi connectivity index (χ1v) is 9.93. The van der Waals surface area contributed by atoms with E-state index in [9.17, 15) is 9.59 Å². The third-order valence-corrected chi connectivity index (χ3v) is 3.91. The van der Waals surface area contributed by atoms with E-state index >= 15 is 0 Å². The number of nitrogens with zero attached hydrogens (tertiary/aromatic N) is 2. The Hall–Kier alpha value is -3.28. The zero-order valence-electron chi connectivity index (χ0n) is 17.9. The molecule has 0 saturated heterocycles. The van der Waals surface area contributed by atoms with Gasteiger partial charge in [-0.3, -0.25) is 9.97 Å². The maximum Gasteiger partial charge on any atom is 0.330 e. The van der Waals surface area contributed by atoms with Crippen molar-refractivity contribution in [2.75, 3.05) is 0 Å².